The predicted molar refractivity (Wildman–Crippen MR) is 124 cm³/mol. The Hall–Kier alpha value is -2.29. The van der Waals surface area contributed by atoms with Crippen molar-refractivity contribution in [2.75, 3.05) is 6.54 Å². The first-order valence-corrected chi connectivity index (χ1v) is 11.3. The first-order valence-electron chi connectivity index (χ1n) is 9.34. The number of amides is 2. The number of halogens is 2. The lowest BCUT2D eigenvalue weighted by Crippen LogP contribution is -2.35. The van der Waals surface area contributed by atoms with Gasteiger partial charge >= 0.3 is 5.97 Å². The number of nitrogens with zero attached hydrogens (tertiary/aromatic N) is 1. The van der Waals surface area contributed by atoms with E-state index in [1.165, 1.54) is 0 Å². The second-order valence-electron chi connectivity index (χ2n) is 6.91. The minimum Gasteiger partial charge on any atom is -0.488 e. The number of carbonyl (C=O) groups excluding carboxylic acids is 3. The monoisotopic (exact) mass is 523 g/mol. The first-order chi connectivity index (χ1) is 14.7. The Labute approximate surface area is 197 Å². The molecule has 1 heterocycles. The van der Waals surface area contributed by atoms with Crippen molar-refractivity contribution in [1.29, 1.82) is 0 Å². The van der Waals surface area contributed by atoms with Gasteiger partial charge in [-0.05, 0) is 83.0 Å². The van der Waals surface area contributed by atoms with E-state index in [0.29, 0.717) is 27.4 Å². The van der Waals surface area contributed by atoms with E-state index in [0.717, 1.165) is 22.2 Å². The molecule has 1 fully saturated rings. The standard InChI is InChI=1S/C22H19BrClNO5S/c1-13(2)30-20(26)11-25-21(27)19(31-22(25)28)10-15-5-8-18(17(23)9-15)29-12-14-3-6-16(24)7-4-14/h3-10,13H,11-12H2,1-2H3/b19-10-. The van der Waals surface area contributed by atoms with Crippen LogP contribution in [0.15, 0.2) is 51.8 Å². The van der Waals surface area contributed by atoms with Gasteiger partial charge in [0.05, 0.1) is 15.5 Å². The molecule has 1 aliphatic heterocycles. The van der Waals surface area contributed by atoms with Gasteiger partial charge in [0.1, 0.15) is 18.9 Å². The van der Waals surface area contributed by atoms with Crippen molar-refractivity contribution in [3.8, 4) is 5.75 Å². The first kappa shape index (κ1) is 23.4. The molecule has 0 bridgehead atoms. The highest BCUT2D eigenvalue weighted by Gasteiger charge is 2.36. The van der Waals surface area contributed by atoms with Crippen LogP contribution in [-0.4, -0.2) is 34.7 Å². The minimum atomic E-state index is -0.622. The molecule has 2 aromatic rings. The molecule has 2 amide bonds. The molecule has 0 atom stereocenters. The summed E-state index contributed by atoms with van der Waals surface area (Å²) in [7, 11) is 0. The number of thioether (sulfide) groups is 1. The molecular weight excluding hydrogens is 506 g/mol. The number of rotatable bonds is 7. The summed E-state index contributed by atoms with van der Waals surface area (Å²) in [6, 6.07) is 12.7. The number of imide groups is 1. The summed E-state index contributed by atoms with van der Waals surface area (Å²) in [6.07, 6.45) is 1.28. The van der Waals surface area contributed by atoms with Crippen molar-refractivity contribution in [1.82, 2.24) is 4.90 Å². The average molecular weight is 525 g/mol. The molecular formula is C22H19BrClNO5S. The topological polar surface area (TPSA) is 72.9 Å². The third-order valence-electron chi connectivity index (χ3n) is 4.09. The number of carbonyl (C=O) groups is 3. The fraction of sp³-hybridized carbons (Fsp3) is 0.227. The molecule has 0 radical (unpaired) electrons. The van der Waals surface area contributed by atoms with Crippen molar-refractivity contribution in [2.45, 2.75) is 26.6 Å². The van der Waals surface area contributed by atoms with Gasteiger partial charge in [-0.15, -0.1) is 0 Å². The molecule has 0 aliphatic carbocycles. The van der Waals surface area contributed by atoms with Crippen LogP contribution < -0.4 is 4.74 Å². The molecule has 0 saturated carbocycles. The molecule has 162 valence electrons. The van der Waals surface area contributed by atoms with Gasteiger partial charge in [-0.25, -0.2) is 0 Å². The van der Waals surface area contributed by atoms with Gasteiger partial charge in [-0.2, -0.15) is 0 Å². The Bertz CT molecular complexity index is 1040. The van der Waals surface area contributed by atoms with Crippen molar-refractivity contribution < 1.29 is 23.9 Å². The van der Waals surface area contributed by atoms with Crippen LogP contribution >= 0.6 is 39.3 Å². The zero-order valence-electron chi connectivity index (χ0n) is 16.8. The predicted octanol–water partition coefficient (Wildman–Crippen LogP) is 5.67. The van der Waals surface area contributed by atoms with Crippen LogP contribution in [0.25, 0.3) is 6.08 Å². The molecule has 6 nitrogen and oxygen atoms in total. The lowest BCUT2D eigenvalue weighted by atomic mass is 10.2. The maximum Gasteiger partial charge on any atom is 0.326 e. The second-order valence-corrected chi connectivity index (χ2v) is 9.20. The van der Waals surface area contributed by atoms with E-state index in [-0.39, 0.29) is 11.0 Å². The van der Waals surface area contributed by atoms with Crippen molar-refractivity contribution >= 4 is 62.5 Å². The summed E-state index contributed by atoms with van der Waals surface area (Å²) in [5.41, 5.74) is 1.69. The van der Waals surface area contributed by atoms with Crippen LogP contribution in [0.4, 0.5) is 4.79 Å². The molecule has 0 N–H and O–H groups in total. The zero-order chi connectivity index (χ0) is 22.5. The molecule has 0 unspecified atom stereocenters. The van der Waals surface area contributed by atoms with E-state index in [2.05, 4.69) is 15.9 Å². The van der Waals surface area contributed by atoms with Gasteiger partial charge in [0.2, 0.25) is 0 Å². The number of hydrogen-bond donors (Lipinski definition) is 0. The Morgan fingerprint density at radius 3 is 2.55 bits per heavy atom. The van der Waals surface area contributed by atoms with Crippen LogP contribution in [0.3, 0.4) is 0 Å². The lowest BCUT2D eigenvalue weighted by Gasteiger charge is -2.13. The molecule has 31 heavy (non-hydrogen) atoms. The molecule has 0 aromatic heterocycles. The van der Waals surface area contributed by atoms with Crippen molar-refractivity contribution in [3.05, 3.63) is 68.0 Å². The highest BCUT2D eigenvalue weighted by atomic mass is 79.9. The number of esters is 1. The van der Waals surface area contributed by atoms with E-state index in [4.69, 9.17) is 21.1 Å². The molecule has 3 rings (SSSR count). The minimum absolute atomic E-state index is 0.240. The Balaban J connectivity index is 1.67. The van der Waals surface area contributed by atoms with Gasteiger partial charge in [0.25, 0.3) is 11.1 Å². The van der Waals surface area contributed by atoms with E-state index in [1.807, 2.05) is 12.1 Å². The Morgan fingerprint density at radius 2 is 1.90 bits per heavy atom. The van der Waals surface area contributed by atoms with Gasteiger partial charge in [-0.3, -0.25) is 19.3 Å². The van der Waals surface area contributed by atoms with Crippen molar-refractivity contribution in [3.63, 3.8) is 0 Å². The lowest BCUT2D eigenvalue weighted by molar-refractivity contribution is -0.149. The number of ether oxygens (including phenoxy) is 2. The summed E-state index contributed by atoms with van der Waals surface area (Å²) in [5, 5.41) is 0.162. The number of benzene rings is 2. The SMILES string of the molecule is CC(C)OC(=O)CN1C(=O)S/C(=C\c2ccc(OCc3ccc(Cl)cc3)c(Br)c2)C1=O. The van der Waals surface area contributed by atoms with Crippen molar-refractivity contribution in [2.24, 2.45) is 0 Å². The summed E-state index contributed by atoms with van der Waals surface area (Å²) in [6.45, 7) is 3.38. The summed E-state index contributed by atoms with van der Waals surface area (Å²) >= 11 is 10.1. The van der Waals surface area contributed by atoms with E-state index in [1.54, 1.807) is 50.3 Å². The summed E-state index contributed by atoms with van der Waals surface area (Å²) in [5.74, 6) is -0.505. The van der Waals surface area contributed by atoms with Crippen LogP contribution in [0.1, 0.15) is 25.0 Å². The smallest absolute Gasteiger partial charge is 0.326 e. The largest absolute Gasteiger partial charge is 0.488 e. The normalized spacial score (nSPS) is 15.1. The summed E-state index contributed by atoms with van der Waals surface area (Å²) < 4.78 is 11.5. The maximum atomic E-state index is 12.5. The number of hydrogen-bond acceptors (Lipinski definition) is 6. The van der Waals surface area contributed by atoms with Gasteiger partial charge < -0.3 is 9.47 Å². The molecule has 1 aliphatic rings. The Kier molecular flexibility index (Phi) is 7.80. The van der Waals surface area contributed by atoms with Crippen LogP contribution in [-0.2, 0) is 20.9 Å². The molecule has 9 heteroatoms. The summed E-state index contributed by atoms with van der Waals surface area (Å²) in [4.78, 5) is 37.6. The highest BCUT2D eigenvalue weighted by Crippen LogP contribution is 2.34. The fourth-order valence-corrected chi connectivity index (χ4v) is 4.16. The molecule has 1 saturated heterocycles. The van der Waals surface area contributed by atoms with Gasteiger partial charge in [0.15, 0.2) is 0 Å². The van der Waals surface area contributed by atoms with E-state index in [9.17, 15) is 14.4 Å². The molecule has 0 spiro atoms. The fourth-order valence-electron chi connectivity index (χ4n) is 2.68. The maximum absolute atomic E-state index is 12.5. The third kappa shape index (κ3) is 6.35. The van der Waals surface area contributed by atoms with Crippen LogP contribution in [0.2, 0.25) is 5.02 Å². The Morgan fingerprint density at radius 1 is 1.19 bits per heavy atom. The average Bonchev–Trinajstić information content (AvgIpc) is 2.95. The van der Waals surface area contributed by atoms with Crippen LogP contribution in [0, 0.1) is 0 Å². The third-order valence-corrected chi connectivity index (χ3v) is 5.87. The second kappa shape index (κ2) is 10.3. The quantitative estimate of drug-likeness (QED) is 0.343. The van der Waals surface area contributed by atoms with E-state index >= 15 is 0 Å². The van der Waals surface area contributed by atoms with Crippen LogP contribution in [0.5, 0.6) is 5.75 Å². The highest BCUT2D eigenvalue weighted by molar-refractivity contribution is 9.10. The van der Waals surface area contributed by atoms with E-state index < -0.39 is 23.7 Å². The van der Waals surface area contributed by atoms with Gasteiger partial charge in [0, 0.05) is 5.02 Å². The zero-order valence-corrected chi connectivity index (χ0v) is 19.9. The van der Waals surface area contributed by atoms with Gasteiger partial charge in [-0.1, -0.05) is 29.8 Å². The molecule has 2 aromatic carbocycles.